The molecule has 2 rings (SSSR count). The molecule has 0 saturated carbocycles. The summed E-state index contributed by atoms with van der Waals surface area (Å²) < 4.78 is 5.15. The maximum absolute atomic E-state index is 12.0. The number of halogens is 4. The Hall–Kier alpha value is -0.930. The van der Waals surface area contributed by atoms with E-state index in [2.05, 4.69) is 0 Å². The SMILES string of the molecule is O=C(Oc1ccc(Cl)cc1)c1c(Cl)ccc(Cl)c1Cl. The van der Waals surface area contributed by atoms with Crippen molar-refractivity contribution in [2.45, 2.75) is 0 Å². The number of carbonyl (C=O) groups is 1. The summed E-state index contributed by atoms with van der Waals surface area (Å²) in [5, 5.41) is 1.01. The normalized spacial score (nSPS) is 10.3. The van der Waals surface area contributed by atoms with Crippen LogP contribution in [0.3, 0.4) is 0 Å². The number of benzene rings is 2. The molecule has 19 heavy (non-hydrogen) atoms. The molecule has 0 N–H and O–H groups in total. The van der Waals surface area contributed by atoms with E-state index in [1.54, 1.807) is 24.3 Å². The fourth-order valence-corrected chi connectivity index (χ4v) is 2.18. The summed E-state index contributed by atoms with van der Waals surface area (Å²) in [7, 11) is 0. The highest BCUT2D eigenvalue weighted by atomic mass is 35.5. The molecule has 0 radical (unpaired) electrons. The number of esters is 1. The summed E-state index contributed by atoms with van der Waals surface area (Å²) in [5.74, 6) is -0.346. The Kier molecular flexibility index (Phi) is 4.58. The molecule has 0 bridgehead atoms. The molecule has 0 aliphatic heterocycles. The van der Waals surface area contributed by atoms with Crippen LogP contribution in [0.15, 0.2) is 36.4 Å². The smallest absolute Gasteiger partial charge is 0.346 e. The van der Waals surface area contributed by atoms with Gasteiger partial charge < -0.3 is 4.74 Å². The van der Waals surface area contributed by atoms with Gasteiger partial charge in [0.05, 0.1) is 20.6 Å². The molecule has 0 aliphatic carbocycles. The van der Waals surface area contributed by atoms with Crippen LogP contribution in [0.5, 0.6) is 5.75 Å². The summed E-state index contributed by atoms with van der Waals surface area (Å²) in [6.07, 6.45) is 0. The van der Waals surface area contributed by atoms with E-state index in [9.17, 15) is 4.79 Å². The average molecular weight is 336 g/mol. The minimum absolute atomic E-state index is 0.0331. The van der Waals surface area contributed by atoms with Gasteiger partial charge in [-0.2, -0.15) is 0 Å². The first-order chi connectivity index (χ1) is 8.99. The molecule has 0 amide bonds. The van der Waals surface area contributed by atoms with Crippen LogP contribution in [0, 0.1) is 0 Å². The predicted molar refractivity (Wildman–Crippen MR) is 77.9 cm³/mol. The lowest BCUT2D eigenvalue weighted by Crippen LogP contribution is -2.10. The van der Waals surface area contributed by atoms with E-state index in [1.807, 2.05) is 0 Å². The molecule has 0 atom stereocenters. The first-order valence-corrected chi connectivity index (χ1v) is 6.61. The van der Waals surface area contributed by atoms with Gasteiger partial charge in [0.25, 0.3) is 0 Å². The van der Waals surface area contributed by atoms with Gasteiger partial charge in [0.2, 0.25) is 0 Å². The van der Waals surface area contributed by atoms with Crippen molar-refractivity contribution in [1.29, 1.82) is 0 Å². The molecule has 0 fully saturated rings. The minimum Gasteiger partial charge on any atom is -0.423 e. The fourth-order valence-electron chi connectivity index (χ4n) is 1.37. The van der Waals surface area contributed by atoms with Gasteiger partial charge in [-0.3, -0.25) is 0 Å². The van der Waals surface area contributed by atoms with Crippen molar-refractivity contribution in [2.75, 3.05) is 0 Å². The van der Waals surface area contributed by atoms with Gasteiger partial charge in [0.15, 0.2) is 0 Å². The van der Waals surface area contributed by atoms with E-state index in [0.29, 0.717) is 10.8 Å². The molecular weight excluding hydrogens is 330 g/mol. The summed E-state index contributed by atoms with van der Waals surface area (Å²) in [6, 6.07) is 9.31. The van der Waals surface area contributed by atoms with Gasteiger partial charge in [0.1, 0.15) is 5.75 Å². The predicted octanol–water partition coefficient (Wildman–Crippen LogP) is 5.52. The summed E-state index contributed by atoms with van der Waals surface area (Å²) in [4.78, 5) is 12.0. The van der Waals surface area contributed by atoms with Crippen LogP contribution >= 0.6 is 46.4 Å². The maximum atomic E-state index is 12.0. The van der Waals surface area contributed by atoms with E-state index in [0.717, 1.165) is 0 Å². The Morgan fingerprint density at radius 2 is 1.42 bits per heavy atom. The molecular formula is C13H6Cl4O2. The molecule has 98 valence electrons. The fraction of sp³-hybridized carbons (Fsp3) is 0. The van der Waals surface area contributed by atoms with Crippen molar-refractivity contribution >= 4 is 52.4 Å². The number of ether oxygens (including phenoxy) is 1. The second kappa shape index (κ2) is 6.02. The third-order valence-electron chi connectivity index (χ3n) is 2.27. The van der Waals surface area contributed by atoms with Crippen LogP contribution in [-0.4, -0.2) is 5.97 Å². The van der Waals surface area contributed by atoms with Crippen LogP contribution in [0.25, 0.3) is 0 Å². The largest absolute Gasteiger partial charge is 0.423 e. The molecule has 2 nitrogen and oxygen atoms in total. The third-order valence-corrected chi connectivity index (χ3v) is 3.64. The van der Waals surface area contributed by atoms with E-state index in [1.165, 1.54) is 12.1 Å². The van der Waals surface area contributed by atoms with Crippen molar-refractivity contribution < 1.29 is 9.53 Å². The molecule has 0 heterocycles. The van der Waals surface area contributed by atoms with E-state index < -0.39 is 5.97 Å². The quantitative estimate of drug-likeness (QED) is 0.410. The Balaban J connectivity index is 2.30. The standard InChI is InChI=1S/C13H6Cl4O2/c14-7-1-3-8(4-2-7)19-13(18)11-9(15)5-6-10(16)12(11)17/h1-6H. The number of hydrogen-bond donors (Lipinski definition) is 0. The summed E-state index contributed by atoms with van der Waals surface area (Å²) in [6.45, 7) is 0. The molecule has 0 saturated heterocycles. The highest BCUT2D eigenvalue weighted by molar-refractivity contribution is 6.46. The molecule has 6 heteroatoms. The lowest BCUT2D eigenvalue weighted by Gasteiger charge is -2.08. The Bertz CT molecular complexity index is 623. The van der Waals surface area contributed by atoms with Crippen molar-refractivity contribution in [1.82, 2.24) is 0 Å². The van der Waals surface area contributed by atoms with E-state index >= 15 is 0 Å². The van der Waals surface area contributed by atoms with Gasteiger partial charge in [-0.1, -0.05) is 46.4 Å². The van der Waals surface area contributed by atoms with Crippen LogP contribution in [0.1, 0.15) is 10.4 Å². The van der Waals surface area contributed by atoms with E-state index in [-0.39, 0.29) is 20.6 Å². The zero-order chi connectivity index (χ0) is 14.0. The van der Waals surface area contributed by atoms with Crippen molar-refractivity contribution in [3.63, 3.8) is 0 Å². The zero-order valence-electron chi connectivity index (χ0n) is 9.29. The second-order valence-corrected chi connectivity index (χ2v) is 5.19. The van der Waals surface area contributed by atoms with Gasteiger partial charge in [-0.15, -0.1) is 0 Å². The van der Waals surface area contributed by atoms with Crippen LogP contribution < -0.4 is 4.74 Å². The van der Waals surface area contributed by atoms with Gasteiger partial charge >= 0.3 is 5.97 Å². The zero-order valence-corrected chi connectivity index (χ0v) is 12.3. The molecule has 0 spiro atoms. The molecule has 2 aromatic carbocycles. The van der Waals surface area contributed by atoms with Crippen LogP contribution in [0.2, 0.25) is 20.1 Å². The highest BCUT2D eigenvalue weighted by Gasteiger charge is 2.19. The summed E-state index contributed by atoms with van der Waals surface area (Å²) >= 11 is 23.4. The molecule has 0 unspecified atom stereocenters. The van der Waals surface area contributed by atoms with Crippen LogP contribution in [0.4, 0.5) is 0 Å². The maximum Gasteiger partial charge on any atom is 0.346 e. The van der Waals surface area contributed by atoms with Gasteiger partial charge in [-0.25, -0.2) is 4.79 Å². The van der Waals surface area contributed by atoms with Gasteiger partial charge in [-0.05, 0) is 36.4 Å². The monoisotopic (exact) mass is 334 g/mol. The minimum atomic E-state index is -0.681. The number of hydrogen-bond acceptors (Lipinski definition) is 2. The molecule has 0 aliphatic rings. The van der Waals surface area contributed by atoms with Gasteiger partial charge in [0, 0.05) is 5.02 Å². The lowest BCUT2D eigenvalue weighted by atomic mass is 10.2. The topological polar surface area (TPSA) is 26.3 Å². The second-order valence-electron chi connectivity index (χ2n) is 3.56. The summed E-state index contributed by atoms with van der Waals surface area (Å²) in [5.41, 5.74) is 0.0331. The molecule has 2 aromatic rings. The number of rotatable bonds is 2. The van der Waals surface area contributed by atoms with Crippen molar-refractivity contribution in [3.05, 3.63) is 62.1 Å². The average Bonchev–Trinajstić information content (AvgIpc) is 2.37. The van der Waals surface area contributed by atoms with Crippen molar-refractivity contribution in [3.8, 4) is 5.75 Å². The van der Waals surface area contributed by atoms with Crippen molar-refractivity contribution in [2.24, 2.45) is 0 Å². The van der Waals surface area contributed by atoms with Crippen LogP contribution in [-0.2, 0) is 0 Å². The first-order valence-electron chi connectivity index (χ1n) is 5.10. The van der Waals surface area contributed by atoms with E-state index in [4.69, 9.17) is 51.1 Å². The first kappa shape index (κ1) is 14.5. The Morgan fingerprint density at radius 3 is 2.05 bits per heavy atom. The Labute approximate surface area is 129 Å². The Morgan fingerprint density at radius 1 is 0.842 bits per heavy atom. The number of carbonyl (C=O) groups excluding carboxylic acids is 1. The third kappa shape index (κ3) is 3.34. The highest BCUT2D eigenvalue weighted by Crippen LogP contribution is 2.32. The molecule has 0 aromatic heterocycles. The lowest BCUT2D eigenvalue weighted by molar-refractivity contribution is 0.0735.